The second-order valence-corrected chi connectivity index (χ2v) is 7.69. The van der Waals surface area contributed by atoms with E-state index in [1.807, 2.05) is 11.8 Å². The molecule has 22 heavy (non-hydrogen) atoms. The quantitative estimate of drug-likeness (QED) is 0.818. The van der Waals surface area contributed by atoms with Crippen molar-refractivity contribution in [2.75, 3.05) is 45.1 Å². The van der Waals surface area contributed by atoms with Crippen LogP contribution < -0.4 is 5.73 Å². The number of nitrogens with two attached hydrogens (primary N) is 1. The van der Waals surface area contributed by atoms with Gasteiger partial charge in [-0.25, -0.2) is 0 Å². The largest absolute Gasteiger partial charge is 0.381 e. The third-order valence-corrected chi connectivity index (χ3v) is 6.17. The first-order valence-corrected chi connectivity index (χ1v) is 9.54. The molecule has 2 N–H and O–H groups in total. The maximum absolute atomic E-state index is 6.09. The van der Waals surface area contributed by atoms with Crippen LogP contribution in [0.3, 0.4) is 0 Å². The molecule has 0 aromatic heterocycles. The van der Waals surface area contributed by atoms with Crippen LogP contribution in [0.15, 0.2) is 29.2 Å². The number of nitrogens with zero attached hydrogens (tertiary/aromatic N) is 1. The molecule has 1 aromatic rings. The van der Waals surface area contributed by atoms with Gasteiger partial charge in [0, 0.05) is 42.4 Å². The van der Waals surface area contributed by atoms with E-state index >= 15 is 0 Å². The van der Waals surface area contributed by atoms with E-state index in [9.17, 15) is 0 Å². The van der Waals surface area contributed by atoms with Crippen LogP contribution in [0.4, 0.5) is 0 Å². The van der Waals surface area contributed by atoms with Crippen molar-refractivity contribution in [2.24, 2.45) is 5.73 Å². The molecule has 0 amide bonds. The van der Waals surface area contributed by atoms with Gasteiger partial charge in [0.05, 0.1) is 0 Å². The summed E-state index contributed by atoms with van der Waals surface area (Å²) in [5.41, 5.74) is 7.62. The number of hydrogen-bond acceptors (Lipinski definition) is 4. The zero-order valence-corrected chi connectivity index (χ0v) is 14.2. The fraction of sp³-hybridized carbons (Fsp3) is 0.667. The van der Waals surface area contributed by atoms with Gasteiger partial charge in [0.25, 0.3) is 0 Å². The predicted molar refractivity (Wildman–Crippen MR) is 93.6 cm³/mol. The Morgan fingerprint density at radius 2 is 1.77 bits per heavy atom. The topological polar surface area (TPSA) is 38.5 Å². The molecule has 0 saturated carbocycles. The zero-order chi connectivity index (χ0) is 15.3. The number of thioether (sulfide) groups is 1. The highest BCUT2D eigenvalue weighted by Gasteiger charge is 2.32. The molecule has 0 bridgehead atoms. The molecule has 0 aliphatic carbocycles. The average molecular weight is 321 g/mol. The number of rotatable bonds is 6. The van der Waals surface area contributed by atoms with E-state index in [0.29, 0.717) is 0 Å². The molecule has 0 radical (unpaired) electrons. The second-order valence-electron chi connectivity index (χ2n) is 6.52. The van der Waals surface area contributed by atoms with Gasteiger partial charge >= 0.3 is 0 Å². The van der Waals surface area contributed by atoms with Gasteiger partial charge in [0.2, 0.25) is 0 Å². The van der Waals surface area contributed by atoms with E-state index in [1.54, 1.807) is 0 Å². The number of benzene rings is 1. The summed E-state index contributed by atoms with van der Waals surface area (Å²) < 4.78 is 5.51. The van der Waals surface area contributed by atoms with Gasteiger partial charge in [-0.15, -0.1) is 11.8 Å². The van der Waals surface area contributed by atoms with Crippen LogP contribution in [-0.4, -0.2) is 50.0 Å². The van der Waals surface area contributed by atoms with Crippen LogP contribution in [0, 0.1) is 0 Å². The molecule has 2 aliphatic heterocycles. The Hall–Kier alpha value is -0.550. The summed E-state index contributed by atoms with van der Waals surface area (Å²) in [5.74, 6) is 1.19. The van der Waals surface area contributed by atoms with Crippen molar-refractivity contribution in [3.8, 4) is 0 Å². The minimum absolute atomic E-state index is 0.136. The zero-order valence-electron chi connectivity index (χ0n) is 13.4. The smallest absolute Gasteiger partial charge is 0.0475 e. The summed E-state index contributed by atoms with van der Waals surface area (Å²) >= 11 is 1.97. The molecule has 2 saturated heterocycles. The summed E-state index contributed by atoms with van der Waals surface area (Å²) in [5, 5.41) is 0. The molecular weight excluding hydrogens is 292 g/mol. The Labute approximate surface area is 138 Å². The molecule has 2 aliphatic rings. The Bertz CT molecular complexity index is 451. The Balaban J connectivity index is 1.54. The van der Waals surface area contributed by atoms with E-state index in [2.05, 4.69) is 29.2 Å². The van der Waals surface area contributed by atoms with Gasteiger partial charge in [0.1, 0.15) is 0 Å². The number of likely N-dealkylation sites (tertiary alicyclic amines) is 1. The summed E-state index contributed by atoms with van der Waals surface area (Å²) in [6.45, 7) is 6.20. The maximum atomic E-state index is 6.09. The molecule has 0 unspecified atom stereocenters. The van der Waals surface area contributed by atoms with Gasteiger partial charge in [0.15, 0.2) is 0 Å². The minimum Gasteiger partial charge on any atom is -0.381 e. The molecule has 3 rings (SSSR count). The first-order valence-electron chi connectivity index (χ1n) is 8.56. The lowest BCUT2D eigenvalue weighted by Gasteiger charge is -2.36. The van der Waals surface area contributed by atoms with Crippen LogP contribution in [0.1, 0.15) is 31.2 Å². The van der Waals surface area contributed by atoms with Gasteiger partial charge in [-0.05, 0) is 56.5 Å². The molecule has 0 atom stereocenters. The highest BCUT2D eigenvalue weighted by Crippen LogP contribution is 2.34. The van der Waals surface area contributed by atoms with Crippen LogP contribution in [0.2, 0.25) is 0 Å². The molecular formula is C18H28N2OS. The van der Waals surface area contributed by atoms with Crippen LogP contribution in [-0.2, 0) is 10.2 Å². The SMILES string of the molecule is NCC1(c2ccc(SCCN3CCCC3)cc2)CCOCC1. The standard InChI is InChI=1S/C18H28N2OS/c19-15-18(7-12-21-13-8-18)16-3-5-17(6-4-16)22-14-11-20-9-1-2-10-20/h3-6H,1-2,7-15,19H2. The highest BCUT2D eigenvalue weighted by atomic mass is 32.2. The van der Waals surface area contributed by atoms with E-state index in [4.69, 9.17) is 10.5 Å². The monoisotopic (exact) mass is 320 g/mol. The van der Waals surface area contributed by atoms with Crippen LogP contribution in [0.5, 0.6) is 0 Å². The lowest BCUT2D eigenvalue weighted by molar-refractivity contribution is 0.0529. The van der Waals surface area contributed by atoms with Crippen molar-refractivity contribution >= 4 is 11.8 Å². The van der Waals surface area contributed by atoms with Crippen LogP contribution in [0.25, 0.3) is 0 Å². The third kappa shape index (κ3) is 3.85. The van der Waals surface area contributed by atoms with E-state index in [1.165, 1.54) is 48.7 Å². The van der Waals surface area contributed by atoms with Crippen molar-refractivity contribution < 1.29 is 4.74 Å². The summed E-state index contributed by atoms with van der Waals surface area (Å²) in [6, 6.07) is 9.13. The summed E-state index contributed by atoms with van der Waals surface area (Å²) in [6.07, 6.45) is 4.85. The first-order chi connectivity index (χ1) is 10.8. The lowest BCUT2D eigenvalue weighted by Crippen LogP contribution is -2.40. The van der Waals surface area contributed by atoms with E-state index in [0.717, 1.165) is 32.6 Å². The fourth-order valence-electron chi connectivity index (χ4n) is 3.58. The van der Waals surface area contributed by atoms with Gasteiger partial charge in [-0.3, -0.25) is 0 Å². The molecule has 0 spiro atoms. The Morgan fingerprint density at radius 3 is 2.41 bits per heavy atom. The number of ether oxygens (including phenoxy) is 1. The van der Waals surface area contributed by atoms with Gasteiger partial charge in [-0.1, -0.05) is 12.1 Å². The fourth-order valence-corrected chi connectivity index (χ4v) is 4.49. The minimum atomic E-state index is 0.136. The molecule has 1 aromatic carbocycles. The lowest BCUT2D eigenvalue weighted by atomic mass is 9.74. The predicted octanol–water partition coefficient (Wildman–Crippen LogP) is 2.88. The molecule has 2 fully saturated rings. The molecule has 2 heterocycles. The summed E-state index contributed by atoms with van der Waals surface area (Å²) in [7, 11) is 0. The van der Waals surface area contributed by atoms with Crippen molar-refractivity contribution in [3.05, 3.63) is 29.8 Å². The maximum Gasteiger partial charge on any atom is 0.0475 e. The first kappa shape index (κ1) is 16.3. The molecule has 3 nitrogen and oxygen atoms in total. The van der Waals surface area contributed by atoms with Crippen molar-refractivity contribution in [1.29, 1.82) is 0 Å². The molecule has 122 valence electrons. The van der Waals surface area contributed by atoms with E-state index in [-0.39, 0.29) is 5.41 Å². The van der Waals surface area contributed by atoms with Crippen LogP contribution >= 0.6 is 11.8 Å². The Morgan fingerprint density at radius 1 is 1.09 bits per heavy atom. The number of hydrogen-bond donors (Lipinski definition) is 1. The van der Waals surface area contributed by atoms with Gasteiger partial charge < -0.3 is 15.4 Å². The van der Waals surface area contributed by atoms with E-state index < -0.39 is 0 Å². The second kappa shape index (κ2) is 7.82. The van der Waals surface area contributed by atoms with Crippen molar-refractivity contribution in [2.45, 2.75) is 36.0 Å². The normalized spacial score (nSPS) is 22.0. The summed E-state index contributed by atoms with van der Waals surface area (Å²) in [4.78, 5) is 3.95. The Kier molecular flexibility index (Phi) is 5.80. The molecule has 4 heteroatoms. The highest BCUT2D eigenvalue weighted by molar-refractivity contribution is 7.99. The van der Waals surface area contributed by atoms with Crippen molar-refractivity contribution in [1.82, 2.24) is 4.90 Å². The van der Waals surface area contributed by atoms with Crippen molar-refractivity contribution in [3.63, 3.8) is 0 Å². The average Bonchev–Trinajstić information content (AvgIpc) is 3.09. The van der Waals surface area contributed by atoms with Gasteiger partial charge in [-0.2, -0.15) is 0 Å². The third-order valence-electron chi connectivity index (χ3n) is 5.18.